The Hall–Kier alpha value is -3.59. The number of carbonyl (C=O) groups is 3. The number of nitro groups is 1. The maximum atomic E-state index is 12.9. The van der Waals surface area contributed by atoms with Crippen molar-refractivity contribution >= 4 is 23.4 Å². The summed E-state index contributed by atoms with van der Waals surface area (Å²) in [6.07, 6.45) is 0.438. The van der Waals surface area contributed by atoms with Gasteiger partial charge in [-0.1, -0.05) is 18.2 Å². The molecule has 0 aromatic heterocycles. The summed E-state index contributed by atoms with van der Waals surface area (Å²) in [5.74, 6) is -0.995. The van der Waals surface area contributed by atoms with Crippen LogP contribution in [-0.4, -0.2) is 45.2 Å². The number of hydrogen-bond donors (Lipinski definition) is 0. The van der Waals surface area contributed by atoms with Gasteiger partial charge in [0.05, 0.1) is 11.5 Å². The summed E-state index contributed by atoms with van der Waals surface area (Å²) in [5.41, 5.74) is 2.11. The van der Waals surface area contributed by atoms with Crippen LogP contribution < -0.4 is 0 Å². The third-order valence-corrected chi connectivity index (χ3v) is 5.35. The number of nitrogens with zero attached hydrogens (tertiary/aromatic N) is 3. The van der Waals surface area contributed by atoms with E-state index in [-0.39, 0.29) is 43.7 Å². The van der Waals surface area contributed by atoms with Crippen molar-refractivity contribution in [2.24, 2.45) is 0 Å². The van der Waals surface area contributed by atoms with Gasteiger partial charge >= 0.3 is 0 Å². The van der Waals surface area contributed by atoms with Crippen LogP contribution in [0.15, 0.2) is 48.5 Å². The minimum absolute atomic E-state index is 0.0285. The van der Waals surface area contributed by atoms with E-state index in [1.54, 1.807) is 24.3 Å². The highest BCUT2D eigenvalue weighted by Gasteiger charge is 2.42. The smallest absolute Gasteiger partial charge is 0.269 e. The lowest BCUT2D eigenvalue weighted by Crippen LogP contribution is -2.55. The number of carbonyl (C=O) groups excluding carboxylic acids is 3. The fraction of sp³-hybridized carbons (Fsp3) is 0.286. The van der Waals surface area contributed by atoms with Gasteiger partial charge in [0.1, 0.15) is 12.8 Å². The molecule has 2 heterocycles. The van der Waals surface area contributed by atoms with E-state index in [2.05, 4.69) is 0 Å². The van der Waals surface area contributed by atoms with Gasteiger partial charge in [-0.25, -0.2) is 0 Å². The van der Waals surface area contributed by atoms with Gasteiger partial charge in [0, 0.05) is 30.7 Å². The van der Waals surface area contributed by atoms with Crippen molar-refractivity contribution in [2.75, 3.05) is 6.73 Å². The number of benzene rings is 2. The van der Waals surface area contributed by atoms with Crippen LogP contribution in [0.25, 0.3) is 0 Å². The van der Waals surface area contributed by atoms with Crippen LogP contribution in [0.1, 0.15) is 34.3 Å². The molecule has 4 rings (SSSR count). The molecule has 0 N–H and O–H groups in total. The van der Waals surface area contributed by atoms with Gasteiger partial charge < -0.3 is 9.64 Å². The molecule has 154 valence electrons. The lowest BCUT2D eigenvalue weighted by molar-refractivity contribution is -0.384. The number of non-ortho nitro benzene ring substituents is 1. The molecule has 1 saturated heterocycles. The summed E-state index contributed by atoms with van der Waals surface area (Å²) in [6, 6.07) is 12.4. The topological polar surface area (TPSA) is 110 Å². The zero-order chi connectivity index (χ0) is 21.3. The first-order valence-corrected chi connectivity index (χ1v) is 9.50. The highest BCUT2D eigenvalue weighted by molar-refractivity contribution is 6.05. The van der Waals surface area contributed by atoms with Crippen LogP contribution in [0, 0.1) is 10.1 Å². The Balaban J connectivity index is 1.39. The molecule has 2 aliphatic rings. The van der Waals surface area contributed by atoms with Gasteiger partial charge in [0.15, 0.2) is 0 Å². The van der Waals surface area contributed by atoms with Crippen LogP contribution in [0.5, 0.6) is 0 Å². The standard InChI is InChI=1S/C21H19N3O6/c25-19-10-9-18(22-11-15-3-1-2-4-17(15)20(22)26)21(27)23(19)13-30-12-14-5-7-16(8-6-14)24(28)29/h1-8,18H,9-13H2. The summed E-state index contributed by atoms with van der Waals surface area (Å²) < 4.78 is 5.51. The van der Waals surface area contributed by atoms with Gasteiger partial charge in [-0.15, -0.1) is 0 Å². The summed E-state index contributed by atoms with van der Waals surface area (Å²) in [6.45, 7) is 0.199. The molecule has 9 nitrogen and oxygen atoms in total. The Bertz CT molecular complexity index is 1020. The Morgan fingerprint density at radius 3 is 2.50 bits per heavy atom. The molecule has 3 amide bonds. The van der Waals surface area contributed by atoms with Gasteiger partial charge in [-0.05, 0) is 35.7 Å². The minimum atomic E-state index is -0.703. The average molecular weight is 409 g/mol. The summed E-state index contributed by atoms with van der Waals surface area (Å²) in [5, 5.41) is 10.7. The molecule has 0 radical (unpaired) electrons. The van der Waals surface area contributed by atoms with Crippen molar-refractivity contribution in [1.29, 1.82) is 0 Å². The Labute approximate surface area is 172 Å². The van der Waals surface area contributed by atoms with Crippen molar-refractivity contribution < 1.29 is 24.0 Å². The minimum Gasteiger partial charge on any atom is -0.356 e. The van der Waals surface area contributed by atoms with Crippen LogP contribution in [-0.2, 0) is 27.5 Å². The van der Waals surface area contributed by atoms with Crippen molar-refractivity contribution in [1.82, 2.24) is 9.80 Å². The van der Waals surface area contributed by atoms with Crippen LogP contribution in [0.2, 0.25) is 0 Å². The SMILES string of the molecule is O=C1CCC(N2Cc3ccccc3C2=O)C(=O)N1COCc1ccc([N+](=O)[O-])cc1. The predicted molar refractivity (Wildman–Crippen MR) is 104 cm³/mol. The number of ether oxygens (including phenoxy) is 1. The highest BCUT2D eigenvalue weighted by atomic mass is 16.6. The second-order valence-corrected chi connectivity index (χ2v) is 7.21. The number of imide groups is 1. The number of piperidine rings is 1. The zero-order valence-corrected chi connectivity index (χ0v) is 16.0. The van der Waals surface area contributed by atoms with Gasteiger partial charge in [-0.2, -0.15) is 0 Å². The van der Waals surface area contributed by atoms with E-state index in [1.165, 1.54) is 17.0 Å². The van der Waals surface area contributed by atoms with E-state index in [9.17, 15) is 24.5 Å². The molecular weight excluding hydrogens is 390 g/mol. The monoisotopic (exact) mass is 409 g/mol. The van der Waals surface area contributed by atoms with E-state index in [1.807, 2.05) is 12.1 Å². The molecule has 2 aromatic carbocycles. The molecule has 1 fully saturated rings. The van der Waals surface area contributed by atoms with E-state index < -0.39 is 16.9 Å². The number of likely N-dealkylation sites (tertiary alicyclic amines) is 1. The summed E-state index contributed by atoms with van der Waals surface area (Å²) >= 11 is 0. The third-order valence-electron chi connectivity index (χ3n) is 5.35. The van der Waals surface area contributed by atoms with Crippen molar-refractivity contribution in [3.63, 3.8) is 0 Å². The molecule has 0 spiro atoms. The molecule has 9 heteroatoms. The quantitative estimate of drug-likeness (QED) is 0.411. The third kappa shape index (κ3) is 3.67. The van der Waals surface area contributed by atoms with E-state index in [4.69, 9.17) is 4.74 Å². The van der Waals surface area contributed by atoms with Crippen LogP contribution in [0.4, 0.5) is 5.69 Å². The highest BCUT2D eigenvalue weighted by Crippen LogP contribution is 2.29. The number of amides is 3. The summed E-state index contributed by atoms with van der Waals surface area (Å²) in [7, 11) is 0. The first kappa shape index (κ1) is 19.7. The Morgan fingerprint density at radius 1 is 1.07 bits per heavy atom. The van der Waals surface area contributed by atoms with Gasteiger partial charge in [0.2, 0.25) is 5.91 Å². The second-order valence-electron chi connectivity index (χ2n) is 7.21. The maximum Gasteiger partial charge on any atom is 0.269 e. The number of rotatable bonds is 6. The first-order valence-electron chi connectivity index (χ1n) is 9.50. The normalized spacial score (nSPS) is 18.7. The molecule has 1 unspecified atom stereocenters. The van der Waals surface area contributed by atoms with Crippen molar-refractivity contribution in [2.45, 2.75) is 32.0 Å². The number of hydrogen-bond acceptors (Lipinski definition) is 6. The first-order chi connectivity index (χ1) is 14.5. The van der Waals surface area contributed by atoms with Crippen LogP contribution >= 0.6 is 0 Å². The molecular formula is C21H19N3O6. The number of nitro benzene ring substituents is 1. The lowest BCUT2D eigenvalue weighted by atomic mass is 10.0. The average Bonchev–Trinajstić information content (AvgIpc) is 3.07. The molecule has 0 saturated carbocycles. The predicted octanol–water partition coefficient (Wildman–Crippen LogP) is 2.24. The van der Waals surface area contributed by atoms with E-state index in [0.717, 1.165) is 10.5 Å². The Morgan fingerprint density at radius 2 is 1.80 bits per heavy atom. The summed E-state index contributed by atoms with van der Waals surface area (Å²) in [4.78, 5) is 50.7. The Kier molecular flexibility index (Phi) is 5.28. The van der Waals surface area contributed by atoms with Crippen LogP contribution in [0.3, 0.4) is 0 Å². The molecule has 0 bridgehead atoms. The van der Waals surface area contributed by atoms with Crippen molar-refractivity contribution in [3.05, 3.63) is 75.3 Å². The van der Waals surface area contributed by atoms with Gasteiger partial charge in [0.25, 0.3) is 17.5 Å². The second kappa shape index (κ2) is 8.03. The fourth-order valence-electron chi connectivity index (χ4n) is 3.74. The molecule has 1 atom stereocenters. The zero-order valence-electron chi connectivity index (χ0n) is 16.0. The molecule has 2 aliphatic heterocycles. The maximum absolute atomic E-state index is 12.9. The van der Waals surface area contributed by atoms with E-state index in [0.29, 0.717) is 17.7 Å². The number of fused-ring (bicyclic) bond motifs is 1. The molecule has 2 aromatic rings. The molecule has 30 heavy (non-hydrogen) atoms. The van der Waals surface area contributed by atoms with E-state index >= 15 is 0 Å². The van der Waals surface area contributed by atoms with Gasteiger partial charge in [-0.3, -0.25) is 29.4 Å². The van der Waals surface area contributed by atoms with Crippen molar-refractivity contribution in [3.8, 4) is 0 Å². The largest absolute Gasteiger partial charge is 0.356 e. The lowest BCUT2D eigenvalue weighted by Gasteiger charge is -2.35. The molecule has 0 aliphatic carbocycles. The fourth-order valence-corrected chi connectivity index (χ4v) is 3.74.